The zero-order valence-electron chi connectivity index (χ0n) is 16.7. The maximum Gasteiger partial charge on any atom is 0.277 e. The predicted molar refractivity (Wildman–Crippen MR) is 124 cm³/mol. The summed E-state index contributed by atoms with van der Waals surface area (Å²) in [6.45, 7) is 0. The number of hydrogen-bond donors (Lipinski definition) is 1. The molecule has 0 spiro atoms. The Labute approximate surface area is 192 Å². The SMILES string of the molecule is O=C(CSc1nnc(-c2cc(-c3cccs3)nc3ccccc23)o1)NC1CCS(=O)(=O)C1. The van der Waals surface area contributed by atoms with Crippen LogP contribution in [0.25, 0.3) is 32.9 Å². The van der Waals surface area contributed by atoms with Gasteiger partial charge in [0.1, 0.15) is 0 Å². The number of carbonyl (C=O) groups excluding carboxylic acids is 1. The summed E-state index contributed by atoms with van der Waals surface area (Å²) in [5, 5.41) is 14.2. The molecule has 32 heavy (non-hydrogen) atoms. The van der Waals surface area contributed by atoms with Crippen LogP contribution in [0, 0.1) is 0 Å². The van der Waals surface area contributed by atoms with Gasteiger partial charge >= 0.3 is 0 Å². The van der Waals surface area contributed by atoms with Gasteiger partial charge < -0.3 is 9.73 Å². The Hall–Kier alpha value is -2.76. The van der Waals surface area contributed by atoms with Gasteiger partial charge in [0, 0.05) is 11.4 Å². The fourth-order valence-corrected chi connectivity index (χ4v) is 6.52. The third-order valence-corrected chi connectivity index (χ3v) is 8.53. The lowest BCUT2D eigenvalue weighted by molar-refractivity contribution is -0.119. The van der Waals surface area contributed by atoms with Gasteiger partial charge in [-0.05, 0) is 30.0 Å². The van der Waals surface area contributed by atoms with Crippen molar-refractivity contribution in [3.8, 4) is 22.0 Å². The highest BCUT2D eigenvalue weighted by atomic mass is 32.2. The number of rotatable bonds is 6. The minimum atomic E-state index is -3.04. The third-order valence-electron chi connectivity index (χ3n) is 5.05. The normalized spacial score (nSPS) is 17.6. The first-order valence-electron chi connectivity index (χ1n) is 9.87. The minimum absolute atomic E-state index is 0.00416. The van der Waals surface area contributed by atoms with Crippen molar-refractivity contribution < 1.29 is 17.6 Å². The molecular formula is C21H18N4O4S3. The van der Waals surface area contributed by atoms with Crippen molar-refractivity contribution >= 4 is 49.7 Å². The van der Waals surface area contributed by atoms with Crippen LogP contribution in [-0.2, 0) is 14.6 Å². The predicted octanol–water partition coefficient (Wildman–Crippen LogP) is 3.41. The summed E-state index contributed by atoms with van der Waals surface area (Å²) in [6.07, 6.45) is 0.450. The van der Waals surface area contributed by atoms with Crippen LogP contribution in [0.4, 0.5) is 0 Å². The number of thioether (sulfide) groups is 1. The van der Waals surface area contributed by atoms with E-state index in [1.54, 1.807) is 11.3 Å². The second kappa shape index (κ2) is 8.64. The highest BCUT2D eigenvalue weighted by molar-refractivity contribution is 7.99. The number of para-hydroxylation sites is 1. The zero-order valence-corrected chi connectivity index (χ0v) is 19.2. The Balaban J connectivity index is 1.34. The number of fused-ring (bicyclic) bond motifs is 1. The lowest BCUT2D eigenvalue weighted by atomic mass is 10.1. The van der Waals surface area contributed by atoms with Crippen molar-refractivity contribution in [2.75, 3.05) is 17.3 Å². The van der Waals surface area contributed by atoms with Crippen molar-refractivity contribution in [2.45, 2.75) is 17.7 Å². The Kier molecular flexibility index (Phi) is 5.70. The Morgan fingerprint density at radius 3 is 2.88 bits per heavy atom. The average molecular weight is 487 g/mol. The van der Waals surface area contributed by atoms with E-state index in [2.05, 4.69) is 15.5 Å². The molecule has 1 unspecified atom stereocenters. The molecule has 11 heteroatoms. The van der Waals surface area contributed by atoms with Crippen LogP contribution >= 0.6 is 23.1 Å². The highest BCUT2D eigenvalue weighted by Gasteiger charge is 2.29. The number of benzene rings is 1. The van der Waals surface area contributed by atoms with Crippen molar-refractivity contribution in [3.63, 3.8) is 0 Å². The molecule has 164 valence electrons. The number of hydrogen-bond acceptors (Lipinski definition) is 9. The summed E-state index contributed by atoms with van der Waals surface area (Å²) >= 11 is 2.72. The highest BCUT2D eigenvalue weighted by Crippen LogP contribution is 2.33. The van der Waals surface area contributed by atoms with Crippen LogP contribution in [0.1, 0.15) is 6.42 Å². The molecule has 0 aliphatic carbocycles. The van der Waals surface area contributed by atoms with E-state index >= 15 is 0 Å². The molecule has 1 aromatic carbocycles. The van der Waals surface area contributed by atoms with Gasteiger partial charge in [0.15, 0.2) is 9.84 Å². The van der Waals surface area contributed by atoms with Crippen LogP contribution in [0.2, 0.25) is 0 Å². The summed E-state index contributed by atoms with van der Waals surface area (Å²) in [5.74, 6) is 0.272. The number of carbonyl (C=O) groups is 1. The largest absolute Gasteiger partial charge is 0.411 e. The van der Waals surface area contributed by atoms with Crippen molar-refractivity contribution in [2.24, 2.45) is 0 Å². The van der Waals surface area contributed by atoms with E-state index < -0.39 is 9.84 Å². The van der Waals surface area contributed by atoms with E-state index in [0.29, 0.717) is 12.3 Å². The minimum Gasteiger partial charge on any atom is -0.411 e. The molecule has 0 radical (unpaired) electrons. The summed E-state index contributed by atoms with van der Waals surface area (Å²) in [6, 6.07) is 13.3. The van der Waals surface area contributed by atoms with Gasteiger partial charge in [-0.1, -0.05) is 36.0 Å². The molecule has 4 aromatic rings. The van der Waals surface area contributed by atoms with Crippen molar-refractivity contribution in [1.29, 1.82) is 0 Å². The molecule has 1 aliphatic heterocycles. The molecule has 1 amide bonds. The van der Waals surface area contributed by atoms with E-state index in [0.717, 1.165) is 38.8 Å². The van der Waals surface area contributed by atoms with E-state index in [1.165, 1.54) is 0 Å². The molecule has 0 saturated carbocycles. The summed E-state index contributed by atoms with van der Waals surface area (Å²) < 4.78 is 28.9. The van der Waals surface area contributed by atoms with Crippen LogP contribution in [0.3, 0.4) is 0 Å². The molecule has 3 aromatic heterocycles. The van der Waals surface area contributed by atoms with Gasteiger partial charge in [0.05, 0.1) is 38.9 Å². The first-order chi connectivity index (χ1) is 15.5. The number of pyridine rings is 1. The number of nitrogens with one attached hydrogen (secondary N) is 1. The van der Waals surface area contributed by atoms with Crippen LogP contribution < -0.4 is 5.32 Å². The van der Waals surface area contributed by atoms with Gasteiger partial charge in [0.25, 0.3) is 5.22 Å². The number of nitrogens with zero attached hydrogens (tertiary/aromatic N) is 3. The second-order valence-electron chi connectivity index (χ2n) is 7.38. The maximum absolute atomic E-state index is 12.2. The molecule has 1 atom stereocenters. The smallest absolute Gasteiger partial charge is 0.277 e. The lowest BCUT2D eigenvalue weighted by Crippen LogP contribution is -2.36. The van der Waals surface area contributed by atoms with Gasteiger partial charge in [-0.3, -0.25) is 4.79 Å². The Bertz CT molecular complexity index is 1380. The topological polar surface area (TPSA) is 115 Å². The molecule has 8 nitrogen and oxygen atoms in total. The van der Waals surface area contributed by atoms with E-state index in [4.69, 9.17) is 9.40 Å². The number of aromatic nitrogens is 3. The van der Waals surface area contributed by atoms with E-state index in [9.17, 15) is 13.2 Å². The second-order valence-corrected chi connectivity index (χ2v) is 11.5. The van der Waals surface area contributed by atoms with Gasteiger partial charge in [-0.15, -0.1) is 21.5 Å². The molecular weight excluding hydrogens is 468 g/mol. The van der Waals surface area contributed by atoms with Crippen molar-refractivity contribution in [1.82, 2.24) is 20.5 Å². The quantitative estimate of drug-likeness (QED) is 0.412. The molecule has 1 saturated heterocycles. The fourth-order valence-electron chi connectivity index (χ4n) is 3.59. The molecule has 5 rings (SSSR count). The Morgan fingerprint density at radius 1 is 1.22 bits per heavy atom. The van der Waals surface area contributed by atoms with E-state index in [1.807, 2.05) is 47.8 Å². The van der Waals surface area contributed by atoms with E-state index in [-0.39, 0.29) is 34.4 Å². The molecule has 4 heterocycles. The van der Waals surface area contributed by atoms with Gasteiger partial charge in [0.2, 0.25) is 11.8 Å². The first-order valence-corrected chi connectivity index (χ1v) is 13.6. The standard InChI is InChI=1S/C21H18N4O4S3/c26-19(22-13-7-9-32(27,28)12-13)11-31-21-25-24-20(29-21)15-10-17(18-6-3-8-30-18)23-16-5-2-1-4-14(15)16/h1-6,8,10,13H,7,9,11-12H2,(H,22,26). The summed E-state index contributed by atoms with van der Waals surface area (Å²) in [5.41, 5.74) is 2.43. The molecule has 0 bridgehead atoms. The summed E-state index contributed by atoms with van der Waals surface area (Å²) in [4.78, 5) is 18.0. The third kappa shape index (κ3) is 4.54. The number of sulfone groups is 1. The maximum atomic E-state index is 12.2. The molecule has 1 fully saturated rings. The number of amides is 1. The summed E-state index contributed by atoms with van der Waals surface area (Å²) in [7, 11) is -3.04. The average Bonchev–Trinajstić information content (AvgIpc) is 3.53. The number of thiophene rings is 1. The Morgan fingerprint density at radius 2 is 2.09 bits per heavy atom. The van der Waals surface area contributed by atoms with Gasteiger partial charge in [-0.25, -0.2) is 13.4 Å². The van der Waals surface area contributed by atoms with Gasteiger partial charge in [-0.2, -0.15) is 0 Å². The zero-order chi connectivity index (χ0) is 22.1. The molecule has 1 N–H and O–H groups in total. The fraction of sp³-hybridized carbons (Fsp3) is 0.238. The van der Waals surface area contributed by atoms with Crippen LogP contribution in [-0.4, -0.2) is 52.8 Å². The molecule has 1 aliphatic rings. The van der Waals surface area contributed by atoms with Crippen LogP contribution in [0.5, 0.6) is 0 Å². The lowest BCUT2D eigenvalue weighted by Gasteiger charge is -2.09. The van der Waals surface area contributed by atoms with Crippen LogP contribution in [0.15, 0.2) is 57.5 Å². The first kappa shape index (κ1) is 21.1. The van der Waals surface area contributed by atoms with Crippen molar-refractivity contribution in [3.05, 3.63) is 47.8 Å². The monoisotopic (exact) mass is 486 g/mol.